The molecule has 0 aliphatic rings. The molecule has 0 fully saturated rings. The van der Waals surface area contributed by atoms with E-state index in [1.165, 1.54) is 18.2 Å². The van der Waals surface area contributed by atoms with Gasteiger partial charge in [0.15, 0.2) is 0 Å². The molecule has 0 heterocycles. The molecule has 0 aliphatic heterocycles. The molecule has 0 radical (unpaired) electrons. The fourth-order valence-electron chi connectivity index (χ4n) is 2.47. The van der Waals surface area contributed by atoms with Gasteiger partial charge in [0, 0.05) is 6.42 Å². The summed E-state index contributed by atoms with van der Waals surface area (Å²) in [5, 5.41) is -3.05. The van der Waals surface area contributed by atoms with Crippen LogP contribution < -0.4 is 0 Å². The van der Waals surface area contributed by atoms with Gasteiger partial charge in [-0.25, -0.2) is 4.39 Å². The van der Waals surface area contributed by atoms with E-state index in [-0.39, 0.29) is 5.56 Å². The lowest BCUT2D eigenvalue weighted by molar-refractivity contribution is 0.0540. The molecular weight excluding hydrogens is 409 g/mol. The van der Waals surface area contributed by atoms with Crippen LogP contribution in [0.15, 0.2) is 47.6 Å². The zero-order valence-corrected chi connectivity index (χ0v) is 17.9. The summed E-state index contributed by atoms with van der Waals surface area (Å²) in [6, 6.07) is 4.46. The van der Waals surface area contributed by atoms with Crippen molar-refractivity contribution >= 4 is 15.2 Å². The highest BCUT2D eigenvalue weighted by Crippen LogP contribution is 2.70. The van der Waals surface area contributed by atoms with E-state index in [0.29, 0.717) is 6.42 Å². The highest BCUT2D eigenvalue weighted by Gasteiger charge is 2.61. The third kappa shape index (κ3) is 7.05. The second kappa shape index (κ2) is 10.1. The molecule has 158 valence electrons. The SMILES string of the molecule is CC(C)=CCC/C(C)=C/COC(Cc1ccc(F)cc1)(P(=O)(O)O)P(=O)(O)O. The molecule has 0 spiro atoms. The van der Waals surface area contributed by atoms with Gasteiger partial charge in [-0.05, 0) is 51.3 Å². The number of rotatable bonds is 10. The van der Waals surface area contributed by atoms with Crippen LogP contribution in [0.4, 0.5) is 4.39 Å². The zero-order chi connectivity index (χ0) is 21.6. The fraction of sp³-hybridized carbons (Fsp3) is 0.444. The summed E-state index contributed by atoms with van der Waals surface area (Å²) in [6.07, 6.45) is 4.23. The normalized spacial score (nSPS) is 13.5. The standard InChI is InChI=1S/C18H27FO7P2/c1-14(2)5-4-6-15(3)11-12-26-18(27(20,21)22,28(23,24)25)13-16-7-9-17(19)10-8-16/h5,7-11H,4,6,12-13H2,1-3H3,(H2,20,21,22)(H2,23,24,25)/b15-11+. The Balaban J connectivity index is 3.10. The lowest BCUT2D eigenvalue weighted by atomic mass is 10.1. The Kier molecular flexibility index (Phi) is 8.97. The Morgan fingerprint density at radius 2 is 1.57 bits per heavy atom. The maximum Gasteiger partial charge on any atom is 0.370 e. The van der Waals surface area contributed by atoms with Crippen molar-refractivity contribution in [3.05, 3.63) is 58.9 Å². The first-order chi connectivity index (χ1) is 12.8. The topological polar surface area (TPSA) is 124 Å². The third-order valence-corrected chi connectivity index (χ3v) is 8.05. The summed E-state index contributed by atoms with van der Waals surface area (Å²) in [4.78, 5) is 39.0. The van der Waals surface area contributed by atoms with E-state index in [0.717, 1.165) is 29.7 Å². The van der Waals surface area contributed by atoms with Crippen molar-refractivity contribution in [1.82, 2.24) is 0 Å². The molecular formula is C18H27FO7P2. The number of allylic oxidation sites excluding steroid dienone is 3. The molecule has 0 amide bonds. The van der Waals surface area contributed by atoms with Crippen molar-refractivity contribution < 1.29 is 37.8 Å². The van der Waals surface area contributed by atoms with Gasteiger partial charge in [0.2, 0.25) is 0 Å². The Hall–Kier alpha value is -1.11. The highest BCUT2D eigenvalue weighted by molar-refractivity contribution is 7.72. The lowest BCUT2D eigenvalue weighted by Gasteiger charge is -2.34. The summed E-state index contributed by atoms with van der Waals surface area (Å²) in [5.41, 5.74) is 2.13. The molecule has 0 saturated carbocycles. The second-order valence-corrected chi connectivity index (χ2v) is 10.8. The largest absolute Gasteiger partial charge is 0.370 e. The summed E-state index contributed by atoms with van der Waals surface area (Å²) >= 11 is 0. The molecule has 0 bridgehead atoms. The zero-order valence-electron chi connectivity index (χ0n) is 16.1. The summed E-state index contributed by atoms with van der Waals surface area (Å²) in [6.45, 7) is 5.33. The van der Waals surface area contributed by atoms with E-state index in [1.54, 1.807) is 6.92 Å². The van der Waals surface area contributed by atoms with Gasteiger partial charge in [-0.3, -0.25) is 9.13 Å². The van der Waals surface area contributed by atoms with E-state index < -0.39 is 39.1 Å². The Morgan fingerprint density at radius 3 is 2.04 bits per heavy atom. The maximum absolute atomic E-state index is 13.1. The van der Waals surface area contributed by atoms with Gasteiger partial charge in [-0.2, -0.15) is 0 Å². The van der Waals surface area contributed by atoms with E-state index in [9.17, 15) is 33.1 Å². The van der Waals surface area contributed by atoms with Crippen LogP contribution in [-0.4, -0.2) is 31.3 Å². The molecule has 0 unspecified atom stereocenters. The van der Waals surface area contributed by atoms with Crippen LogP contribution in [0, 0.1) is 5.82 Å². The summed E-state index contributed by atoms with van der Waals surface area (Å²) in [7, 11) is -10.8. The molecule has 0 aromatic heterocycles. The van der Waals surface area contributed by atoms with E-state index in [4.69, 9.17) is 4.74 Å². The molecule has 4 N–H and O–H groups in total. The number of halogens is 1. The van der Waals surface area contributed by atoms with E-state index >= 15 is 0 Å². The minimum Gasteiger partial charge on any atom is -0.347 e. The molecule has 1 aromatic carbocycles. The van der Waals surface area contributed by atoms with Crippen LogP contribution in [0.25, 0.3) is 0 Å². The average Bonchev–Trinajstić information content (AvgIpc) is 2.53. The van der Waals surface area contributed by atoms with Crippen LogP contribution in [0.1, 0.15) is 39.2 Å². The van der Waals surface area contributed by atoms with Crippen molar-refractivity contribution in [3.8, 4) is 0 Å². The van der Waals surface area contributed by atoms with Gasteiger partial charge in [0.05, 0.1) is 6.61 Å². The quantitative estimate of drug-likeness (QED) is 0.322. The van der Waals surface area contributed by atoms with Gasteiger partial charge >= 0.3 is 15.2 Å². The predicted octanol–water partition coefficient (Wildman–Crippen LogP) is 4.09. The molecule has 1 rings (SSSR count). The Labute approximate surface area is 164 Å². The van der Waals surface area contributed by atoms with Crippen LogP contribution in [0.3, 0.4) is 0 Å². The summed E-state index contributed by atoms with van der Waals surface area (Å²) < 4.78 is 42.4. The van der Waals surface area contributed by atoms with E-state index in [2.05, 4.69) is 0 Å². The number of hydrogen-bond acceptors (Lipinski definition) is 3. The molecule has 1 aromatic rings. The smallest absolute Gasteiger partial charge is 0.347 e. The van der Waals surface area contributed by atoms with Crippen molar-refractivity contribution in [1.29, 1.82) is 0 Å². The van der Waals surface area contributed by atoms with Gasteiger partial charge in [-0.15, -0.1) is 0 Å². The van der Waals surface area contributed by atoms with Crippen molar-refractivity contribution in [3.63, 3.8) is 0 Å². The van der Waals surface area contributed by atoms with Crippen LogP contribution >= 0.6 is 15.2 Å². The number of ether oxygens (including phenoxy) is 1. The van der Waals surface area contributed by atoms with Crippen molar-refractivity contribution in [2.75, 3.05) is 6.61 Å². The molecule has 10 heteroatoms. The Bertz CT molecular complexity index is 780. The van der Waals surface area contributed by atoms with Gasteiger partial charge in [-0.1, -0.05) is 35.4 Å². The minimum absolute atomic E-state index is 0.123. The first kappa shape index (κ1) is 24.9. The highest BCUT2D eigenvalue weighted by atomic mass is 31.2. The number of hydrogen-bond donors (Lipinski definition) is 4. The molecule has 0 saturated heterocycles. The predicted molar refractivity (Wildman–Crippen MR) is 105 cm³/mol. The van der Waals surface area contributed by atoms with Crippen molar-refractivity contribution in [2.24, 2.45) is 0 Å². The molecule has 28 heavy (non-hydrogen) atoms. The lowest BCUT2D eigenvalue weighted by Crippen LogP contribution is -2.35. The average molecular weight is 436 g/mol. The first-order valence-electron chi connectivity index (χ1n) is 8.57. The minimum atomic E-state index is -5.42. The van der Waals surface area contributed by atoms with Crippen LogP contribution in [0.2, 0.25) is 0 Å². The monoisotopic (exact) mass is 436 g/mol. The van der Waals surface area contributed by atoms with Crippen LogP contribution in [-0.2, 0) is 20.3 Å². The fourth-order valence-corrected chi connectivity index (χ4v) is 5.09. The maximum atomic E-state index is 13.1. The first-order valence-corrected chi connectivity index (χ1v) is 11.8. The van der Waals surface area contributed by atoms with Gasteiger partial charge < -0.3 is 24.3 Å². The van der Waals surface area contributed by atoms with Crippen molar-refractivity contribution in [2.45, 2.75) is 45.1 Å². The van der Waals surface area contributed by atoms with Gasteiger partial charge in [0.25, 0.3) is 5.08 Å². The molecule has 7 nitrogen and oxygen atoms in total. The Morgan fingerprint density at radius 1 is 1.04 bits per heavy atom. The molecule has 0 atom stereocenters. The van der Waals surface area contributed by atoms with Crippen LogP contribution in [0.5, 0.6) is 0 Å². The number of benzene rings is 1. The van der Waals surface area contributed by atoms with Gasteiger partial charge in [0.1, 0.15) is 5.82 Å². The summed E-state index contributed by atoms with van der Waals surface area (Å²) in [5.74, 6) is -0.586. The third-order valence-electron chi connectivity index (χ3n) is 4.10. The molecule has 0 aliphatic carbocycles. The second-order valence-electron chi connectivity index (χ2n) is 6.82. The van der Waals surface area contributed by atoms with E-state index in [1.807, 2.05) is 19.9 Å².